The number of ether oxygens (including phenoxy) is 1. The van der Waals surface area contributed by atoms with Gasteiger partial charge in [0.2, 0.25) is 5.91 Å². The summed E-state index contributed by atoms with van der Waals surface area (Å²) in [6.45, 7) is -3.14. The predicted molar refractivity (Wildman–Crippen MR) is 90.0 cm³/mol. The van der Waals surface area contributed by atoms with E-state index in [2.05, 4.69) is 15.4 Å². The van der Waals surface area contributed by atoms with E-state index in [-0.39, 0.29) is 35.0 Å². The summed E-state index contributed by atoms with van der Waals surface area (Å²) in [5.41, 5.74) is -0.110. The number of hydrogen-bond acceptors (Lipinski definition) is 3. The van der Waals surface area contributed by atoms with Crippen molar-refractivity contribution in [1.82, 2.24) is 5.32 Å². The zero-order valence-electron chi connectivity index (χ0n) is 13.6. The summed E-state index contributed by atoms with van der Waals surface area (Å²) in [7, 11) is 0. The minimum absolute atomic E-state index is 0.109. The molecule has 0 aliphatic rings. The van der Waals surface area contributed by atoms with Crippen molar-refractivity contribution in [3.8, 4) is 5.75 Å². The van der Waals surface area contributed by atoms with Crippen molar-refractivity contribution in [1.29, 1.82) is 0 Å². The fourth-order valence-electron chi connectivity index (χ4n) is 2.05. The molecule has 0 saturated carbocycles. The van der Waals surface area contributed by atoms with Crippen molar-refractivity contribution in [2.24, 2.45) is 0 Å². The smallest absolute Gasteiger partial charge is 0.387 e. The third-order valence-corrected chi connectivity index (χ3v) is 3.54. The molecule has 0 aromatic heterocycles. The number of amides is 2. The third-order valence-electron chi connectivity index (χ3n) is 3.25. The molecule has 0 unspecified atom stereocenters. The number of anilines is 1. The summed E-state index contributed by atoms with van der Waals surface area (Å²) in [6.07, 6.45) is -0.151. The van der Waals surface area contributed by atoms with E-state index in [1.165, 1.54) is 18.2 Å². The molecule has 0 bridgehead atoms. The molecule has 2 N–H and O–H groups in total. The van der Waals surface area contributed by atoms with Crippen molar-refractivity contribution in [3.63, 3.8) is 0 Å². The predicted octanol–water partition coefficient (Wildman–Crippen LogP) is 3.98. The van der Waals surface area contributed by atoms with E-state index in [4.69, 9.17) is 11.6 Å². The summed E-state index contributed by atoms with van der Waals surface area (Å²) in [5, 5.41) is 4.66. The van der Waals surface area contributed by atoms with Crippen LogP contribution in [0.15, 0.2) is 36.4 Å². The SMILES string of the molecule is O=C(CCNC(=O)c1ccc(F)cc1F)Nc1ccc(OC(F)F)c(Cl)c1. The van der Waals surface area contributed by atoms with Gasteiger partial charge in [-0.15, -0.1) is 0 Å². The standard InChI is InChI=1S/C17H13ClF4N2O3/c18-12-8-10(2-4-14(12)27-17(21)22)24-15(25)5-6-23-16(26)11-3-1-9(19)7-13(11)20/h1-4,7-8,17H,5-6H2,(H,23,26)(H,24,25). The molecule has 10 heteroatoms. The molecule has 2 rings (SSSR count). The molecule has 0 spiro atoms. The van der Waals surface area contributed by atoms with Crippen LogP contribution in [0, 0.1) is 11.6 Å². The lowest BCUT2D eigenvalue weighted by Gasteiger charge is -2.10. The second-order valence-electron chi connectivity index (χ2n) is 5.20. The first-order chi connectivity index (χ1) is 12.8. The number of alkyl halides is 2. The van der Waals surface area contributed by atoms with Gasteiger partial charge in [0.15, 0.2) is 0 Å². The maximum atomic E-state index is 13.5. The van der Waals surface area contributed by atoms with Crippen molar-refractivity contribution in [2.75, 3.05) is 11.9 Å². The number of carbonyl (C=O) groups is 2. The Morgan fingerprint density at radius 2 is 1.85 bits per heavy atom. The number of halogens is 5. The highest BCUT2D eigenvalue weighted by atomic mass is 35.5. The van der Waals surface area contributed by atoms with Gasteiger partial charge in [0.1, 0.15) is 17.4 Å². The van der Waals surface area contributed by atoms with Crippen LogP contribution in [0.4, 0.5) is 23.2 Å². The van der Waals surface area contributed by atoms with Crippen molar-refractivity contribution >= 4 is 29.1 Å². The first-order valence-corrected chi connectivity index (χ1v) is 7.91. The van der Waals surface area contributed by atoms with Crippen LogP contribution < -0.4 is 15.4 Å². The number of rotatable bonds is 7. The Hall–Kier alpha value is -2.81. The van der Waals surface area contributed by atoms with Gasteiger partial charge in [-0.2, -0.15) is 8.78 Å². The lowest BCUT2D eigenvalue weighted by molar-refractivity contribution is -0.116. The van der Waals surface area contributed by atoms with Crippen LogP contribution in [0.3, 0.4) is 0 Å². The van der Waals surface area contributed by atoms with E-state index in [0.717, 1.165) is 12.1 Å². The third kappa shape index (κ3) is 6.14. The maximum absolute atomic E-state index is 13.5. The quantitative estimate of drug-likeness (QED) is 0.686. The van der Waals surface area contributed by atoms with Gasteiger partial charge in [-0.25, -0.2) is 8.78 Å². The molecular weight excluding hydrogens is 392 g/mol. The molecule has 0 radical (unpaired) electrons. The monoisotopic (exact) mass is 404 g/mol. The highest BCUT2D eigenvalue weighted by Crippen LogP contribution is 2.28. The Labute approximate surface area is 156 Å². The maximum Gasteiger partial charge on any atom is 0.387 e. The van der Waals surface area contributed by atoms with Crippen LogP contribution in [0.5, 0.6) is 5.75 Å². The van der Waals surface area contributed by atoms with Gasteiger partial charge in [-0.05, 0) is 30.3 Å². The average Bonchev–Trinajstić information content (AvgIpc) is 2.56. The molecular formula is C17H13ClF4N2O3. The second-order valence-corrected chi connectivity index (χ2v) is 5.61. The summed E-state index contributed by atoms with van der Waals surface area (Å²) in [6, 6.07) is 6.22. The van der Waals surface area contributed by atoms with Crippen LogP contribution >= 0.6 is 11.6 Å². The average molecular weight is 405 g/mol. The Morgan fingerprint density at radius 3 is 2.48 bits per heavy atom. The lowest BCUT2D eigenvalue weighted by Crippen LogP contribution is -2.28. The normalized spacial score (nSPS) is 10.6. The van der Waals surface area contributed by atoms with Gasteiger partial charge in [0.05, 0.1) is 10.6 Å². The number of benzene rings is 2. The summed E-state index contributed by atoms with van der Waals surface area (Å²) in [4.78, 5) is 23.6. The zero-order valence-corrected chi connectivity index (χ0v) is 14.3. The van der Waals surface area contributed by atoms with E-state index in [0.29, 0.717) is 6.07 Å². The number of hydrogen-bond donors (Lipinski definition) is 2. The zero-order chi connectivity index (χ0) is 20.0. The molecule has 0 atom stereocenters. The molecule has 2 aromatic rings. The minimum Gasteiger partial charge on any atom is -0.433 e. The molecule has 5 nitrogen and oxygen atoms in total. The first-order valence-electron chi connectivity index (χ1n) is 7.53. The lowest BCUT2D eigenvalue weighted by atomic mass is 10.2. The Bertz CT molecular complexity index is 849. The summed E-state index contributed by atoms with van der Waals surface area (Å²) in [5.74, 6) is -3.37. The van der Waals surface area contributed by atoms with E-state index in [1.54, 1.807) is 0 Å². The van der Waals surface area contributed by atoms with Gasteiger partial charge in [-0.3, -0.25) is 9.59 Å². The Balaban J connectivity index is 1.84. The molecule has 2 aromatic carbocycles. The van der Waals surface area contributed by atoms with Crippen LogP contribution in [-0.4, -0.2) is 25.0 Å². The van der Waals surface area contributed by atoms with Crippen LogP contribution in [-0.2, 0) is 4.79 Å². The van der Waals surface area contributed by atoms with Crippen LogP contribution in [0.2, 0.25) is 5.02 Å². The topological polar surface area (TPSA) is 67.4 Å². The largest absolute Gasteiger partial charge is 0.433 e. The van der Waals surface area contributed by atoms with Crippen molar-refractivity contribution in [3.05, 3.63) is 58.6 Å². The second kappa shape index (κ2) is 9.22. The first kappa shape index (κ1) is 20.5. The summed E-state index contributed by atoms with van der Waals surface area (Å²) < 4.78 is 54.8. The highest BCUT2D eigenvalue weighted by Gasteiger charge is 2.13. The molecule has 0 heterocycles. The van der Waals surface area contributed by atoms with E-state index < -0.39 is 30.1 Å². The minimum atomic E-state index is -3.03. The molecule has 0 fully saturated rings. The van der Waals surface area contributed by atoms with Gasteiger partial charge >= 0.3 is 6.61 Å². The summed E-state index contributed by atoms with van der Waals surface area (Å²) >= 11 is 5.77. The number of nitrogens with one attached hydrogen (secondary N) is 2. The van der Waals surface area contributed by atoms with E-state index in [1.807, 2.05) is 0 Å². The number of carbonyl (C=O) groups excluding carboxylic acids is 2. The molecule has 144 valence electrons. The van der Waals surface area contributed by atoms with Crippen LogP contribution in [0.25, 0.3) is 0 Å². The Kier molecular flexibility index (Phi) is 7.00. The fraction of sp³-hybridized carbons (Fsp3) is 0.176. The van der Waals surface area contributed by atoms with E-state index >= 15 is 0 Å². The highest BCUT2D eigenvalue weighted by molar-refractivity contribution is 6.32. The van der Waals surface area contributed by atoms with Crippen molar-refractivity contribution < 1.29 is 31.9 Å². The molecule has 2 amide bonds. The van der Waals surface area contributed by atoms with Crippen molar-refractivity contribution in [2.45, 2.75) is 13.0 Å². The Morgan fingerprint density at radius 1 is 1.11 bits per heavy atom. The van der Waals surface area contributed by atoms with Gasteiger partial charge < -0.3 is 15.4 Å². The fourth-order valence-corrected chi connectivity index (χ4v) is 2.28. The van der Waals surface area contributed by atoms with Gasteiger partial charge in [0, 0.05) is 24.7 Å². The van der Waals surface area contributed by atoms with Gasteiger partial charge in [-0.1, -0.05) is 11.6 Å². The van der Waals surface area contributed by atoms with Gasteiger partial charge in [0.25, 0.3) is 5.91 Å². The molecule has 0 saturated heterocycles. The van der Waals surface area contributed by atoms with Crippen LogP contribution in [0.1, 0.15) is 16.8 Å². The molecule has 0 aliphatic carbocycles. The molecule has 0 aliphatic heterocycles. The van der Waals surface area contributed by atoms with E-state index in [9.17, 15) is 27.2 Å². The molecule has 27 heavy (non-hydrogen) atoms.